The van der Waals surface area contributed by atoms with Crippen molar-refractivity contribution in [2.45, 2.75) is 44.1 Å². The summed E-state index contributed by atoms with van der Waals surface area (Å²) in [4.78, 5) is 11.6. The third-order valence-corrected chi connectivity index (χ3v) is 3.86. The van der Waals surface area contributed by atoms with Crippen molar-refractivity contribution in [1.82, 2.24) is 5.73 Å². The van der Waals surface area contributed by atoms with Gasteiger partial charge in [0.25, 0.3) is 0 Å². The Labute approximate surface area is 78.6 Å². The van der Waals surface area contributed by atoms with E-state index >= 15 is 0 Å². The molecular formula is C10H16NO2. The standard InChI is InChI=1S/C10H16NO2/c1-13-8(12)9-2-5-10(11,6-3-9)7-4-9/h11H,2-7H2,1H3. The molecule has 3 nitrogen and oxygen atoms in total. The normalized spacial score (nSPS) is 43.2. The molecule has 0 atom stereocenters. The quantitative estimate of drug-likeness (QED) is 0.577. The number of hydrogen-bond acceptors (Lipinski definition) is 2. The smallest absolute Gasteiger partial charge is 0.311 e. The van der Waals surface area contributed by atoms with Gasteiger partial charge < -0.3 is 4.74 Å². The summed E-state index contributed by atoms with van der Waals surface area (Å²) in [5.74, 6) is -0.0470. The van der Waals surface area contributed by atoms with Crippen LogP contribution in [0.5, 0.6) is 0 Å². The van der Waals surface area contributed by atoms with Gasteiger partial charge in [0.15, 0.2) is 0 Å². The van der Waals surface area contributed by atoms with Gasteiger partial charge >= 0.3 is 5.97 Å². The van der Waals surface area contributed by atoms with Crippen LogP contribution in [0.25, 0.3) is 0 Å². The van der Waals surface area contributed by atoms with Gasteiger partial charge in [0.05, 0.1) is 12.5 Å². The van der Waals surface area contributed by atoms with Gasteiger partial charge in [-0.3, -0.25) is 10.5 Å². The largest absolute Gasteiger partial charge is 0.469 e. The first-order chi connectivity index (χ1) is 6.10. The zero-order valence-electron chi connectivity index (χ0n) is 8.06. The summed E-state index contributed by atoms with van der Waals surface area (Å²) < 4.78 is 4.84. The molecule has 0 aromatic rings. The topological polar surface area (TPSA) is 50.1 Å². The van der Waals surface area contributed by atoms with Crippen LogP contribution in [0, 0.1) is 5.41 Å². The van der Waals surface area contributed by atoms with Gasteiger partial charge in [-0.15, -0.1) is 0 Å². The molecule has 0 aromatic heterocycles. The molecule has 0 aromatic carbocycles. The summed E-state index contributed by atoms with van der Waals surface area (Å²) in [7, 11) is 1.47. The van der Waals surface area contributed by atoms with Crippen molar-refractivity contribution in [1.29, 1.82) is 0 Å². The Morgan fingerprint density at radius 1 is 1.15 bits per heavy atom. The zero-order chi connectivity index (χ0) is 9.53. The summed E-state index contributed by atoms with van der Waals surface area (Å²) in [6.07, 6.45) is 5.22. The Hall–Kier alpha value is -0.570. The van der Waals surface area contributed by atoms with Gasteiger partial charge in [-0.1, -0.05) is 0 Å². The lowest BCUT2D eigenvalue weighted by Crippen LogP contribution is -2.50. The van der Waals surface area contributed by atoms with Crippen LogP contribution < -0.4 is 5.73 Å². The Balaban J connectivity index is 2.15. The Morgan fingerprint density at radius 3 is 2.00 bits per heavy atom. The average Bonchev–Trinajstić information content (AvgIpc) is 2.18. The fourth-order valence-electron chi connectivity index (χ4n) is 2.71. The highest BCUT2D eigenvalue weighted by atomic mass is 16.5. The number of esters is 1. The predicted molar refractivity (Wildman–Crippen MR) is 48.0 cm³/mol. The second kappa shape index (κ2) is 2.71. The van der Waals surface area contributed by atoms with Crippen molar-refractivity contribution in [3.8, 4) is 0 Å². The highest BCUT2D eigenvalue weighted by Gasteiger charge is 2.51. The summed E-state index contributed by atoms with van der Waals surface area (Å²) >= 11 is 0. The molecule has 3 heteroatoms. The number of nitrogens with one attached hydrogen (secondary N) is 1. The summed E-state index contributed by atoms with van der Waals surface area (Å²) in [6.45, 7) is 0. The molecule has 0 saturated heterocycles. The van der Waals surface area contributed by atoms with Crippen molar-refractivity contribution in [3.05, 3.63) is 0 Å². The lowest BCUT2D eigenvalue weighted by Gasteiger charge is -2.49. The third kappa shape index (κ3) is 1.26. The highest BCUT2D eigenvalue weighted by molar-refractivity contribution is 5.77. The maximum atomic E-state index is 11.6. The average molecular weight is 182 g/mol. The van der Waals surface area contributed by atoms with E-state index in [2.05, 4.69) is 0 Å². The molecule has 13 heavy (non-hydrogen) atoms. The van der Waals surface area contributed by atoms with E-state index in [0.717, 1.165) is 38.5 Å². The minimum atomic E-state index is -0.213. The first kappa shape index (κ1) is 9.00. The van der Waals surface area contributed by atoms with E-state index < -0.39 is 0 Å². The second-order valence-electron chi connectivity index (χ2n) is 4.55. The first-order valence-corrected chi connectivity index (χ1v) is 4.94. The molecule has 1 radical (unpaired) electrons. The van der Waals surface area contributed by atoms with E-state index in [-0.39, 0.29) is 16.9 Å². The molecular weight excluding hydrogens is 166 g/mol. The minimum absolute atomic E-state index is 0.0470. The zero-order valence-corrected chi connectivity index (χ0v) is 8.06. The molecule has 2 bridgehead atoms. The van der Waals surface area contributed by atoms with Crippen molar-refractivity contribution >= 4 is 5.97 Å². The number of carbonyl (C=O) groups excluding carboxylic acids is 1. The van der Waals surface area contributed by atoms with Crippen LogP contribution in [0.15, 0.2) is 0 Å². The molecule has 0 unspecified atom stereocenters. The summed E-state index contributed by atoms with van der Waals surface area (Å²) in [5, 5.41) is 0. The van der Waals surface area contributed by atoms with Crippen molar-refractivity contribution in [2.75, 3.05) is 7.11 Å². The fraction of sp³-hybridized carbons (Fsp3) is 0.900. The van der Waals surface area contributed by atoms with Gasteiger partial charge in [0.2, 0.25) is 0 Å². The number of hydrogen-bond donors (Lipinski definition) is 0. The van der Waals surface area contributed by atoms with Crippen LogP contribution in [0.4, 0.5) is 0 Å². The van der Waals surface area contributed by atoms with E-state index in [1.54, 1.807) is 0 Å². The van der Waals surface area contributed by atoms with Gasteiger partial charge in [-0.25, -0.2) is 0 Å². The van der Waals surface area contributed by atoms with Crippen LogP contribution in [-0.2, 0) is 9.53 Å². The van der Waals surface area contributed by atoms with E-state index in [9.17, 15) is 4.79 Å². The number of ether oxygens (including phenoxy) is 1. The molecule has 3 fully saturated rings. The van der Waals surface area contributed by atoms with Crippen LogP contribution in [0.1, 0.15) is 38.5 Å². The van der Waals surface area contributed by atoms with E-state index in [4.69, 9.17) is 10.5 Å². The first-order valence-electron chi connectivity index (χ1n) is 4.94. The number of fused-ring (bicyclic) bond motifs is 3. The molecule has 3 aliphatic rings. The van der Waals surface area contributed by atoms with Gasteiger partial charge in [-0.05, 0) is 38.5 Å². The summed E-state index contributed by atoms with van der Waals surface area (Å²) in [6, 6.07) is 0. The van der Waals surface area contributed by atoms with E-state index in [0.29, 0.717) is 0 Å². The Bertz CT molecular complexity index is 213. The molecule has 73 valence electrons. The molecule has 0 spiro atoms. The maximum Gasteiger partial charge on any atom is 0.311 e. The SMILES string of the molecule is COC(=O)C12CCC([NH])(CC1)CC2. The van der Waals surface area contributed by atoms with Crippen LogP contribution in [0.2, 0.25) is 0 Å². The van der Waals surface area contributed by atoms with E-state index in [1.165, 1.54) is 7.11 Å². The second-order valence-corrected chi connectivity index (χ2v) is 4.55. The monoisotopic (exact) mass is 182 g/mol. The fourth-order valence-corrected chi connectivity index (χ4v) is 2.71. The Kier molecular flexibility index (Phi) is 1.88. The van der Waals surface area contributed by atoms with Gasteiger partial charge in [-0.2, -0.15) is 0 Å². The van der Waals surface area contributed by atoms with E-state index in [1.807, 2.05) is 0 Å². The lowest BCUT2D eigenvalue weighted by molar-refractivity contribution is -0.160. The Morgan fingerprint density at radius 2 is 1.62 bits per heavy atom. The van der Waals surface area contributed by atoms with Crippen LogP contribution >= 0.6 is 0 Å². The lowest BCUT2D eigenvalue weighted by atomic mass is 9.57. The van der Waals surface area contributed by atoms with Crippen molar-refractivity contribution in [2.24, 2.45) is 5.41 Å². The molecule has 0 heterocycles. The molecule has 3 saturated carbocycles. The predicted octanol–water partition coefficient (Wildman–Crippen LogP) is 1.54. The van der Waals surface area contributed by atoms with Gasteiger partial charge in [0, 0.05) is 5.54 Å². The molecule has 1 N–H and O–H groups in total. The third-order valence-electron chi connectivity index (χ3n) is 3.86. The van der Waals surface area contributed by atoms with Crippen LogP contribution in [-0.4, -0.2) is 18.6 Å². The molecule has 0 aliphatic heterocycles. The molecule has 0 amide bonds. The van der Waals surface area contributed by atoms with Crippen molar-refractivity contribution < 1.29 is 9.53 Å². The van der Waals surface area contributed by atoms with Crippen molar-refractivity contribution in [3.63, 3.8) is 0 Å². The number of carbonyl (C=O) groups is 1. The molecule has 3 rings (SSSR count). The number of rotatable bonds is 1. The maximum absolute atomic E-state index is 11.6. The minimum Gasteiger partial charge on any atom is -0.469 e. The molecule has 3 aliphatic carbocycles. The number of methoxy groups -OCH3 is 1. The van der Waals surface area contributed by atoms with Gasteiger partial charge in [0.1, 0.15) is 0 Å². The summed E-state index contributed by atoms with van der Waals surface area (Å²) in [5.41, 5.74) is 7.62. The highest BCUT2D eigenvalue weighted by Crippen LogP contribution is 2.52. The van der Waals surface area contributed by atoms with Crippen LogP contribution in [0.3, 0.4) is 0 Å².